The molecule has 10 heteroatoms. The fourth-order valence-electron chi connectivity index (χ4n) is 2.08. The van der Waals surface area contributed by atoms with E-state index in [4.69, 9.17) is 23.4 Å². The summed E-state index contributed by atoms with van der Waals surface area (Å²) in [7, 11) is -7.90. The maximum absolute atomic E-state index is 12.5. The summed E-state index contributed by atoms with van der Waals surface area (Å²) in [5.74, 6) is 0.674. The van der Waals surface area contributed by atoms with Gasteiger partial charge in [0, 0.05) is 0 Å². The molecule has 0 bridgehead atoms. The standard InChI is InChI=1S/C14H23O4P.C7H9O4P/c1-3-5-12-16-19(15,17-13-6-4-2)18-14-10-8-7-9-11-14;1-6-2-4-7(5-3-6)11-12(8,9)10/h7-11H,3-6,12-13H2,1-2H3;2-5H,1H3,(H2,8,9,10). The van der Waals surface area contributed by atoms with Gasteiger partial charge in [0.2, 0.25) is 0 Å². The molecule has 0 aliphatic heterocycles. The summed E-state index contributed by atoms with van der Waals surface area (Å²) in [5.41, 5.74) is 1.01. The van der Waals surface area contributed by atoms with Crippen LogP contribution in [-0.2, 0) is 18.2 Å². The Bertz CT molecular complexity index is 807. The zero-order valence-electron chi connectivity index (χ0n) is 18.2. The molecule has 0 aliphatic rings. The van der Waals surface area contributed by atoms with Gasteiger partial charge in [-0.05, 0) is 44.0 Å². The molecular weight excluding hydrogens is 442 g/mol. The second kappa shape index (κ2) is 14.4. The molecule has 174 valence electrons. The van der Waals surface area contributed by atoms with E-state index < -0.39 is 15.6 Å². The summed E-state index contributed by atoms with van der Waals surface area (Å²) in [4.78, 5) is 16.9. The van der Waals surface area contributed by atoms with E-state index in [0.29, 0.717) is 19.0 Å². The topological polar surface area (TPSA) is 112 Å². The van der Waals surface area contributed by atoms with E-state index in [1.807, 2.05) is 39.0 Å². The maximum Gasteiger partial charge on any atom is 0.530 e. The predicted octanol–water partition coefficient (Wildman–Crippen LogP) is 6.27. The van der Waals surface area contributed by atoms with Crippen LogP contribution in [0.1, 0.15) is 45.1 Å². The molecule has 0 amide bonds. The SMILES string of the molecule is CCCCOP(=O)(OCCCC)Oc1ccccc1.Cc1ccc(OP(=O)(O)O)cc1. The quantitative estimate of drug-likeness (QED) is 0.273. The number of para-hydroxylation sites is 1. The lowest BCUT2D eigenvalue weighted by atomic mass is 10.2. The van der Waals surface area contributed by atoms with Crippen molar-refractivity contribution in [2.75, 3.05) is 13.2 Å². The van der Waals surface area contributed by atoms with Crippen LogP contribution in [0.25, 0.3) is 0 Å². The predicted molar refractivity (Wildman–Crippen MR) is 120 cm³/mol. The zero-order valence-corrected chi connectivity index (χ0v) is 20.0. The molecule has 0 saturated carbocycles. The number of unbranched alkanes of at least 4 members (excludes halogenated alkanes) is 2. The minimum Gasteiger partial charge on any atom is -0.404 e. The lowest BCUT2D eigenvalue weighted by Gasteiger charge is -2.18. The van der Waals surface area contributed by atoms with E-state index in [0.717, 1.165) is 31.2 Å². The van der Waals surface area contributed by atoms with Crippen LogP contribution in [0, 0.1) is 6.92 Å². The number of hydrogen-bond donors (Lipinski definition) is 2. The van der Waals surface area contributed by atoms with Crippen molar-refractivity contribution in [2.24, 2.45) is 0 Å². The third-order valence-corrected chi connectivity index (χ3v) is 5.58. The maximum atomic E-state index is 12.5. The van der Waals surface area contributed by atoms with Crippen LogP contribution in [-0.4, -0.2) is 23.0 Å². The molecular formula is C21H32O8P2. The van der Waals surface area contributed by atoms with Crippen LogP contribution in [0.5, 0.6) is 11.5 Å². The molecule has 31 heavy (non-hydrogen) atoms. The summed E-state index contributed by atoms with van der Waals surface area (Å²) in [5, 5.41) is 0. The lowest BCUT2D eigenvalue weighted by Crippen LogP contribution is -2.04. The minimum absolute atomic E-state index is 0.175. The van der Waals surface area contributed by atoms with Crippen molar-refractivity contribution >= 4 is 15.6 Å². The molecule has 8 nitrogen and oxygen atoms in total. The van der Waals surface area contributed by atoms with Crippen molar-refractivity contribution in [2.45, 2.75) is 46.5 Å². The second-order valence-corrected chi connectivity index (χ2v) is 9.38. The van der Waals surface area contributed by atoms with Crippen LogP contribution in [0.15, 0.2) is 54.6 Å². The van der Waals surface area contributed by atoms with Gasteiger partial charge < -0.3 is 9.05 Å². The molecule has 2 aromatic rings. The molecule has 0 saturated heterocycles. The highest BCUT2D eigenvalue weighted by molar-refractivity contribution is 7.49. The molecule has 0 heterocycles. The highest BCUT2D eigenvalue weighted by Gasteiger charge is 2.28. The molecule has 0 aliphatic carbocycles. The van der Waals surface area contributed by atoms with Crippen LogP contribution in [0.2, 0.25) is 0 Å². The summed E-state index contributed by atoms with van der Waals surface area (Å²) in [6.45, 7) is 6.73. The van der Waals surface area contributed by atoms with Crippen molar-refractivity contribution in [3.8, 4) is 11.5 Å². The van der Waals surface area contributed by atoms with E-state index in [1.54, 1.807) is 24.3 Å². The van der Waals surface area contributed by atoms with E-state index in [-0.39, 0.29) is 5.75 Å². The average Bonchev–Trinajstić information content (AvgIpc) is 2.70. The van der Waals surface area contributed by atoms with Crippen LogP contribution in [0.3, 0.4) is 0 Å². The molecule has 2 rings (SSSR count). The molecule has 0 radical (unpaired) electrons. The average molecular weight is 474 g/mol. The largest absolute Gasteiger partial charge is 0.530 e. The minimum atomic E-state index is -4.40. The monoisotopic (exact) mass is 474 g/mol. The first kappa shape index (κ1) is 27.4. The molecule has 0 atom stereocenters. The Morgan fingerprint density at radius 3 is 1.68 bits per heavy atom. The zero-order chi connectivity index (χ0) is 23.2. The van der Waals surface area contributed by atoms with Crippen molar-refractivity contribution in [1.29, 1.82) is 0 Å². The summed E-state index contributed by atoms with van der Waals surface area (Å²) in [6, 6.07) is 15.4. The number of benzene rings is 2. The smallest absolute Gasteiger partial charge is 0.404 e. The molecule has 0 aromatic heterocycles. The van der Waals surface area contributed by atoms with E-state index in [2.05, 4.69) is 4.52 Å². The van der Waals surface area contributed by atoms with Crippen LogP contribution in [0.4, 0.5) is 0 Å². The van der Waals surface area contributed by atoms with Gasteiger partial charge in [-0.3, -0.25) is 18.8 Å². The Labute approximate surface area is 184 Å². The Morgan fingerprint density at radius 2 is 1.23 bits per heavy atom. The van der Waals surface area contributed by atoms with Crippen molar-refractivity contribution < 1.29 is 37.0 Å². The molecule has 2 aromatic carbocycles. The summed E-state index contributed by atoms with van der Waals surface area (Å²) < 4.78 is 43.2. The molecule has 2 N–H and O–H groups in total. The Kier molecular flexibility index (Phi) is 12.7. The molecule has 0 spiro atoms. The van der Waals surface area contributed by atoms with E-state index in [1.165, 1.54) is 12.1 Å². The van der Waals surface area contributed by atoms with E-state index in [9.17, 15) is 9.13 Å². The Balaban J connectivity index is 0.000000343. The number of aryl methyl sites for hydroxylation is 1. The lowest BCUT2D eigenvalue weighted by molar-refractivity contribution is 0.152. The van der Waals surface area contributed by atoms with Crippen molar-refractivity contribution in [1.82, 2.24) is 0 Å². The normalized spacial score (nSPS) is 11.4. The van der Waals surface area contributed by atoms with Crippen LogP contribution >= 0.6 is 15.6 Å². The fourth-order valence-corrected chi connectivity index (χ4v) is 3.74. The Hall–Kier alpha value is -1.66. The number of rotatable bonds is 12. The highest BCUT2D eigenvalue weighted by Crippen LogP contribution is 2.49. The van der Waals surface area contributed by atoms with Gasteiger partial charge in [0.05, 0.1) is 13.2 Å². The van der Waals surface area contributed by atoms with E-state index >= 15 is 0 Å². The summed E-state index contributed by atoms with van der Waals surface area (Å²) >= 11 is 0. The van der Waals surface area contributed by atoms with Gasteiger partial charge in [0.25, 0.3) is 0 Å². The van der Waals surface area contributed by atoms with Gasteiger partial charge in [-0.25, -0.2) is 9.13 Å². The highest BCUT2D eigenvalue weighted by atomic mass is 31.2. The molecule has 0 unspecified atom stereocenters. The third-order valence-electron chi connectivity index (χ3n) is 3.70. The Morgan fingerprint density at radius 1 is 0.742 bits per heavy atom. The van der Waals surface area contributed by atoms with Crippen molar-refractivity contribution in [3.63, 3.8) is 0 Å². The second-order valence-electron chi connectivity index (χ2n) is 6.62. The number of hydrogen-bond acceptors (Lipinski definition) is 6. The van der Waals surface area contributed by atoms with Crippen LogP contribution < -0.4 is 9.05 Å². The first-order chi connectivity index (χ1) is 14.7. The van der Waals surface area contributed by atoms with Gasteiger partial charge in [0.1, 0.15) is 11.5 Å². The van der Waals surface area contributed by atoms with Gasteiger partial charge in [-0.15, -0.1) is 0 Å². The number of phosphoric ester groups is 2. The van der Waals surface area contributed by atoms with Gasteiger partial charge in [0.15, 0.2) is 0 Å². The fraction of sp³-hybridized carbons (Fsp3) is 0.429. The van der Waals surface area contributed by atoms with Crippen molar-refractivity contribution in [3.05, 3.63) is 60.2 Å². The van der Waals surface area contributed by atoms with Gasteiger partial charge >= 0.3 is 15.6 Å². The molecule has 0 fully saturated rings. The first-order valence-corrected chi connectivity index (χ1v) is 13.1. The van der Waals surface area contributed by atoms with Gasteiger partial charge in [-0.2, -0.15) is 0 Å². The van der Waals surface area contributed by atoms with Gasteiger partial charge in [-0.1, -0.05) is 62.6 Å². The summed E-state index contributed by atoms with van der Waals surface area (Å²) in [6.07, 6.45) is 3.61. The third kappa shape index (κ3) is 13.4. The first-order valence-electron chi connectivity index (χ1n) is 10.1. The number of phosphoric acid groups is 2.